The Labute approximate surface area is 131 Å². The zero-order valence-electron chi connectivity index (χ0n) is 11.4. The second kappa shape index (κ2) is 5.98. The molecule has 2 aromatic carbocycles. The third kappa shape index (κ3) is 3.16. The van der Waals surface area contributed by atoms with E-state index in [-0.39, 0.29) is 18.2 Å². The van der Waals surface area contributed by atoms with Crippen molar-refractivity contribution in [3.63, 3.8) is 0 Å². The number of fused-ring (bicyclic) bond motifs is 1. The molecule has 0 unspecified atom stereocenters. The molecule has 0 fully saturated rings. The molecule has 3 rings (SSSR count). The highest BCUT2D eigenvalue weighted by atomic mass is 79.9. The number of Topliss-reactive ketones (excluding diaryl/α,β-unsaturated/α-hetero) is 1. The van der Waals surface area contributed by atoms with Gasteiger partial charge in [0.05, 0.1) is 0 Å². The second-order valence-corrected chi connectivity index (χ2v) is 6.04. The van der Waals surface area contributed by atoms with Gasteiger partial charge in [0.15, 0.2) is 5.78 Å². The molecule has 0 spiro atoms. The van der Waals surface area contributed by atoms with Crippen molar-refractivity contribution in [1.29, 1.82) is 0 Å². The Hall–Kier alpha value is -1.68. The number of rotatable bonds is 3. The number of hydrogen-bond acceptors (Lipinski definition) is 2. The quantitative estimate of drug-likeness (QED) is 0.804. The smallest absolute Gasteiger partial charge is 0.163 e. The summed E-state index contributed by atoms with van der Waals surface area (Å²) < 4.78 is 20.0. The van der Waals surface area contributed by atoms with Gasteiger partial charge in [-0.3, -0.25) is 4.79 Å². The predicted octanol–water partition coefficient (Wildman–Crippen LogP) is 4.69. The fourth-order valence-corrected chi connectivity index (χ4v) is 2.83. The van der Waals surface area contributed by atoms with Crippen molar-refractivity contribution in [2.24, 2.45) is 0 Å². The van der Waals surface area contributed by atoms with E-state index in [1.165, 1.54) is 6.07 Å². The van der Waals surface area contributed by atoms with Gasteiger partial charge in [-0.25, -0.2) is 4.39 Å². The lowest BCUT2D eigenvalue weighted by Gasteiger charge is -2.16. The monoisotopic (exact) mass is 348 g/mol. The fraction of sp³-hybridized carbons (Fsp3) is 0.235. The van der Waals surface area contributed by atoms with Gasteiger partial charge in [-0.2, -0.15) is 0 Å². The lowest BCUT2D eigenvalue weighted by atomic mass is 9.90. The zero-order chi connectivity index (χ0) is 14.8. The average molecular weight is 349 g/mol. The molecule has 0 atom stereocenters. The minimum Gasteiger partial charge on any atom is -0.489 e. The van der Waals surface area contributed by atoms with Crippen molar-refractivity contribution in [1.82, 2.24) is 0 Å². The summed E-state index contributed by atoms with van der Waals surface area (Å²) in [6, 6.07) is 10.4. The first-order chi connectivity index (χ1) is 10.1. The molecule has 0 bridgehead atoms. The Balaban J connectivity index is 1.76. The molecule has 0 aromatic heterocycles. The summed E-state index contributed by atoms with van der Waals surface area (Å²) in [5, 5.41) is 0. The van der Waals surface area contributed by atoms with Gasteiger partial charge in [-0.15, -0.1) is 0 Å². The van der Waals surface area contributed by atoms with Crippen LogP contribution in [0.1, 0.15) is 34.3 Å². The van der Waals surface area contributed by atoms with E-state index in [4.69, 9.17) is 4.74 Å². The highest BCUT2D eigenvalue weighted by Crippen LogP contribution is 2.26. The van der Waals surface area contributed by atoms with Crippen LogP contribution in [0.3, 0.4) is 0 Å². The molecule has 0 radical (unpaired) electrons. The fourth-order valence-electron chi connectivity index (χ4n) is 2.50. The molecule has 2 aromatic rings. The van der Waals surface area contributed by atoms with Crippen LogP contribution in [0.4, 0.5) is 4.39 Å². The van der Waals surface area contributed by atoms with Crippen molar-refractivity contribution in [3.05, 3.63) is 63.4 Å². The number of carbonyl (C=O) groups excluding carboxylic acids is 1. The standard InChI is InChI=1S/C17H14BrFO2/c18-13-6-4-12(16(19)8-13)10-21-14-7-5-11-2-1-3-17(20)15(11)9-14/h4-9H,1-3,10H2. The molecule has 4 heteroatoms. The van der Waals surface area contributed by atoms with Crippen LogP contribution in [-0.2, 0) is 13.0 Å². The number of hydrogen-bond donors (Lipinski definition) is 0. The number of halogens is 2. The lowest BCUT2D eigenvalue weighted by molar-refractivity contribution is 0.0972. The molecule has 1 aliphatic carbocycles. The Morgan fingerprint density at radius 3 is 2.81 bits per heavy atom. The summed E-state index contributed by atoms with van der Waals surface area (Å²) in [5.74, 6) is 0.459. The third-order valence-electron chi connectivity index (χ3n) is 3.64. The summed E-state index contributed by atoms with van der Waals surface area (Å²) in [6.07, 6.45) is 2.44. The van der Waals surface area contributed by atoms with Gasteiger partial charge < -0.3 is 4.74 Å². The van der Waals surface area contributed by atoms with Crippen LogP contribution in [0, 0.1) is 5.82 Å². The molecule has 0 saturated carbocycles. The Bertz CT molecular complexity index is 697. The Morgan fingerprint density at radius 1 is 1.14 bits per heavy atom. The molecule has 0 aliphatic heterocycles. The minimum atomic E-state index is -0.307. The first kappa shape index (κ1) is 14.3. The summed E-state index contributed by atoms with van der Waals surface area (Å²) in [7, 11) is 0. The molecule has 1 aliphatic rings. The van der Waals surface area contributed by atoms with Gasteiger partial charge in [0.25, 0.3) is 0 Å². The summed E-state index contributed by atoms with van der Waals surface area (Å²) in [4.78, 5) is 11.9. The lowest BCUT2D eigenvalue weighted by Crippen LogP contribution is -2.11. The van der Waals surface area contributed by atoms with E-state index in [0.717, 1.165) is 24.0 Å². The van der Waals surface area contributed by atoms with Crippen LogP contribution >= 0.6 is 15.9 Å². The third-order valence-corrected chi connectivity index (χ3v) is 4.13. The number of ether oxygens (including phenoxy) is 1. The summed E-state index contributed by atoms with van der Waals surface area (Å²) in [5.41, 5.74) is 2.31. The molecule has 0 amide bonds. The largest absolute Gasteiger partial charge is 0.489 e. The molecular weight excluding hydrogens is 335 g/mol. The van der Waals surface area contributed by atoms with Crippen molar-refractivity contribution in [2.75, 3.05) is 0 Å². The maximum Gasteiger partial charge on any atom is 0.163 e. The summed E-state index contributed by atoms with van der Waals surface area (Å²) in [6.45, 7) is 0.145. The van der Waals surface area contributed by atoms with E-state index in [2.05, 4.69) is 15.9 Å². The number of ketones is 1. The van der Waals surface area contributed by atoms with Crippen LogP contribution in [0.25, 0.3) is 0 Å². The number of aryl methyl sites for hydroxylation is 1. The van der Waals surface area contributed by atoms with E-state index < -0.39 is 0 Å². The maximum atomic E-state index is 13.7. The van der Waals surface area contributed by atoms with Crippen LogP contribution in [-0.4, -0.2) is 5.78 Å². The van der Waals surface area contributed by atoms with E-state index in [0.29, 0.717) is 22.2 Å². The van der Waals surface area contributed by atoms with Gasteiger partial charge in [0.1, 0.15) is 18.2 Å². The Kier molecular flexibility index (Phi) is 4.06. The SMILES string of the molecule is O=C1CCCc2ccc(OCc3ccc(Br)cc3F)cc21. The highest BCUT2D eigenvalue weighted by Gasteiger charge is 2.17. The minimum absolute atomic E-state index is 0.145. The van der Waals surface area contributed by atoms with Crippen LogP contribution in [0.5, 0.6) is 5.75 Å². The van der Waals surface area contributed by atoms with Gasteiger partial charge in [0.2, 0.25) is 0 Å². The van der Waals surface area contributed by atoms with Crippen molar-refractivity contribution in [2.45, 2.75) is 25.9 Å². The number of benzene rings is 2. The van der Waals surface area contributed by atoms with Crippen molar-refractivity contribution in [3.8, 4) is 5.75 Å². The van der Waals surface area contributed by atoms with E-state index in [1.807, 2.05) is 12.1 Å². The Morgan fingerprint density at radius 2 is 2.00 bits per heavy atom. The topological polar surface area (TPSA) is 26.3 Å². The maximum absolute atomic E-state index is 13.7. The molecule has 0 N–H and O–H groups in total. The first-order valence-electron chi connectivity index (χ1n) is 6.86. The average Bonchev–Trinajstić information content (AvgIpc) is 2.47. The molecule has 21 heavy (non-hydrogen) atoms. The molecule has 0 saturated heterocycles. The molecule has 108 valence electrons. The van der Waals surface area contributed by atoms with Gasteiger partial charge in [-0.1, -0.05) is 28.1 Å². The van der Waals surface area contributed by atoms with Crippen molar-refractivity contribution >= 4 is 21.7 Å². The highest BCUT2D eigenvalue weighted by molar-refractivity contribution is 9.10. The van der Waals surface area contributed by atoms with Gasteiger partial charge in [0, 0.05) is 22.0 Å². The molecular formula is C17H14BrFO2. The number of carbonyl (C=O) groups is 1. The van der Waals surface area contributed by atoms with Gasteiger partial charge in [-0.05, 0) is 42.7 Å². The molecule has 2 nitrogen and oxygen atoms in total. The summed E-state index contributed by atoms with van der Waals surface area (Å²) >= 11 is 3.22. The molecule has 0 heterocycles. The van der Waals surface area contributed by atoms with Gasteiger partial charge >= 0.3 is 0 Å². The predicted molar refractivity (Wildman–Crippen MR) is 82.1 cm³/mol. The van der Waals surface area contributed by atoms with E-state index in [9.17, 15) is 9.18 Å². The zero-order valence-corrected chi connectivity index (χ0v) is 13.0. The van der Waals surface area contributed by atoms with Crippen LogP contribution in [0.15, 0.2) is 40.9 Å². The van der Waals surface area contributed by atoms with E-state index in [1.54, 1.807) is 18.2 Å². The van der Waals surface area contributed by atoms with Crippen molar-refractivity contribution < 1.29 is 13.9 Å². The van der Waals surface area contributed by atoms with E-state index >= 15 is 0 Å². The first-order valence-corrected chi connectivity index (χ1v) is 7.65. The second-order valence-electron chi connectivity index (χ2n) is 5.12. The van der Waals surface area contributed by atoms with Crippen LogP contribution < -0.4 is 4.74 Å². The van der Waals surface area contributed by atoms with Crippen LogP contribution in [0.2, 0.25) is 0 Å². The normalized spacial score (nSPS) is 13.9.